The molecule has 1 aliphatic carbocycles. The van der Waals surface area contributed by atoms with Crippen molar-refractivity contribution in [2.45, 2.75) is 39.0 Å². The molecule has 1 aromatic heterocycles. The van der Waals surface area contributed by atoms with E-state index in [2.05, 4.69) is 15.5 Å². The highest BCUT2D eigenvalue weighted by molar-refractivity contribution is 8.13. The van der Waals surface area contributed by atoms with Crippen LogP contribution in [0.3, 0.4) is 0 Å². The molecule has 5 nitrogen and oxygen atoms in total. The molecule has 0 unspecified atom stereocenters. The Balaban J connectivity index is 1.45. The average molecular weight is 280 g/mol. The molecule has 1 fully saturated rings. The minimum Gasteiger partial charge on any atom is -0.364 e. The lowest BCUT2D eigenvalue weighted by atomic mass is 9.89. The zero-order valence-electron chi connectivity index (χ0n) is 11.3. The van der Waals surface area contributed by atoms with Gasteiger partial charge in [-0.15, -0.1) is 0 Å². The molecule has 0 amide bonds. The van der Waals surface area contributed by atoms with E-state index in [0.717, 1.165) is 24.7 Å². The zero-order chi connectivity index (χ0) is 13.1. The van der Waals surface area contributed by atoms with Crippen LogP contribution in [0.15, 0.2) is 9.52 Å². The average Bonchev–Trinajstić information content (AvgIpc) is 3.02. The Morgan fingerprint density at radius 3 is 2.84 bits per heavy atom. The summed E-state index contributed by atoms with van der Waals surface area (Å²) in [7, 11) is 0. The Morgan fingerprint density at radius 1 is 1.37 bits per heavy atom. The van der Waals surface area contributed by atoms with Crippen LogP contribution in [0, 0.1) is 12.3 Å². The molecule has 0 aromatic carbocycles. The highest BCUT2D eigenvalue weighted by atomic mass is 32.2. The number of aryl methyl sites for hydroxylation is 1. The van der Waals surface area contributed by atoms with Gasteiger partial charge < -0.3 is 9.84 Å². The Labute approximate surface area is 117 Å². The maximum Gasteiger partial charge on any atom is 0.228 e. The molecule has 0 radical (unpaired) electrons. The van der Waals surface area contributed by atoms with Gasteiger partial charge in [0, 0.05) is 25.3 Å². The lowest BCUT2D eigenvalue weighted by Crippen LogP contribution is -2.34. The largest absolute Gasteiger partial charge is 0.364 e. The number of aromatic nitrogens is 2. The quantitative estimate of drug-likeness (QED) is 0.919. The number of hydrogen-bond donors (Lipinski definition) is 1. The van der Waals surface area contributed by atoms with Crippen molar-refractivity contribution in [3.63, 3.8) is 0 Å². The van der Waals surface area contributed by atoms with Gasteiger partial charge in [-0.05, 0) is 25.2 Å². The minimum absolute atomic E-state index is 0.513. The van der Waals surface area contributed by atoms with Gasteiger partial charge in [-0.3, -0.25) is 4.99 Å². The Bertz CT molecular complexity index is 465. The van der Waals surface area contributed by atoms with Crippen molar-refractivity contribution < 1.29 is 4.52 Å². The zero-order valence-corrected chi connectivity index (χ0v) is 12.1. The van der Waals surface area contributed by atoms with E-state index in [-0.39, 0.29) is 0 Å². The fourth-order valence-corrected chi connectivity index (χ4v) is 3.99. The molecule has 2 heterocycles. The van der Waals surface area contributed by atoms with E-state index >= 15 is 0 Å². The maximum atomic E-state index is 5.08. The van der Waals surface area contributed by atoms with Gasteiger partial charge in [-0.1, -0.05) is 29.8 Å². The molecule has 1 N–H and O–H groups in total. The van der Waals surface area contributed by atoms with Crippen molar-refractivity contribution in [1.82, 2.24) is 15.5 Å². The molecule has 0 bridgehead atoms. The summed E-state index contributed by atoms with van der Waals surface area (Å²) in [5, 5.41) is 8.23. The van der Waals surface area contributed by atoms with E-state index in [9.17, 15) is 0 Å². The van der Waals surface area contributed by atoms with Crippen LogP contribution in [0.25, 0.3) is 0 Å². The molecule has 104 valence electrons. The van der Waals surface area contributed by atoms with Crippen molar-refractivity contribution in [2.75, 3.05) is 18.8 Å². The van der Waals surface area contributed by atoms with Gasteiger partial charge in [0.05, 0.1) is 0 Å². The predicted molar refractivity (Wildman–Crippen MR) is 76.4 cm³/mol. The highest BCUT2D eigenvalue weighted by Crippen LogP contribution is 2.43. The van der Waals surface area contributed by atoms with E-state index in [0.29, 0.717) is 17.1 Å². The summed E-state index contributed by atoms with van der Waals surface area (Å²) in [6.07, 6.45) is 6.24. The minimum atomic E-state index is 0.513. The number of thioether (sulfide) groups is 1. The van der Waals surface area contributed by atoms with E-state index in [4.69, 9.17) is 9.52 Å². The fraction of sp³-hybridized carbons (Fsp3) is 0.769. The Morgan fingerprint density at radius 2 is 2.21 bits per heavy atom. The van der Waals surface area contributed by atoms with Crippen LogP contribution < -0.4 is 5.32 Å². The second kappa shape index (κ2) is 5.53. The number of rotatable bonds is 3. The molecule has 1 aliphatic heterocycles. The number of aliphatic imine (C=N–C) groups is 1. The topological polar surface area (TPSA) is 63.3 Å². The van der Waals surface area contributed by atoms with Crippen molar-refractivity contribution in [1.29, 1.82) is 0 Å². The summed E-state index contributed by atoms with van der Waals surface area (Å²) in [5.41, 5.74) is 0.513. The molecule has 0 atom stereocenters. The molecule has 0 saturated heterocycles. The molecular weight excluding hydrogens is 260 g/mol. The molecule has 6 heteroatoms. The molecule has 1 spiro atoms. The third kappa shape index (κ3) is 3.11. The third-order valence-corrected chi connectivity index (χ3v) is 5.23. The second-order valence-corrected chi connectivity index (χ2v) is 6.49. The van der Waals surface area contributed by atoms with Gasteiger partial charge in [-0.2, -0.15) is 4.98 Å². The fourth-order valence-electron chi connectivity index (χ4n) is 2.80. The molecule has 2 aliphatic rings. The Hall–Kier alpha value is -1.04. The van der Waals surface area contributed by atoms with Crippen molar-refractivity contribution in [3.05, 3.63) is 11.7 Å². The summed E-state index contributed by atoms with van der Waals surface area (Å²) >= 11 is 1.87. The summed E-state index contributed by atoms with van der Waals surface area (Å²) in [4.78, 5) is 8.89. The van der Waals surface area contributed by atoms with Crippen LogP contribution in [0.4, 0.5) is 0 Å². The second-order valence-electron chi connectivity index (χ2n) is 5.53. The first-order chi connectivity index (χ1) is 9.26. The normalized spacial score (nSPS) is 21.6. The number of hydrogen-bond acceptors (Lipinski definition) is 6. The molecule has 1 aromatic rings. The molecular formula is C13H20N4OS. The maximum absolute atomic E-state index is 5.08. The van der Waals surface area contributed by atoms with Gasteiger partial charge in [0.25, 0.3) is 0 Å². The van der Waals surface area contributed by atoms with Crippen molar-refractivity contribution >= 4 is 16.9 Å². The van der Waals surface area contributed by atoms with E-state index in [1.165, 1.54) is 31.4 Å². The van der Waals surface area contributed by atoms with Crippen LogP contribution in [0.2, 0.25) is 0 Å². The summed E-state index contributed by atoms with van der Waals surface area (Å²) in [5.74, 6) is 2.61. The first-order valence-electron chi connectivity index (χ1n) is 6.96. The molecule has 1 saturated carbocycles. The number of amidine groups is 1. The van der Waals surface area contributed by atoms with Gasteiger partial charge in [0.1, 0.15) is 0 Å². The summed E-state index contributed by atoms with van der Waals surface area (Å²) in [6.45, 7) is 3.64. The van der Waals surface area contributed by atoms with Crippen LogP contribution in [-0.4, -0.2) is 34.2 Å². The first-order valence-corrected chi connectivity index (χ1v) is 7.95. The van der Waals surface area contributed by atoms with E-state index in [1.54, 1.807) is 0 Å². The van der Waals surface area contributed by atoms with Gasteiger partial charge in [-0.25, -0.2) is 0 Å². The number of nitrogens with one attached hydrogen (secondary N) is 1. The predicted octanol–water partition coefficient (Wildman–Crippen LogP) is 2.17. The lowest BCUT2D eigenvalue weighted by Gasteiger charge is -2.31. The van der Waals surface area contributed by atoms with E-state index < -0.39 is 0 Å². The molecule has 3 rings (SSSR count). The van der Waals surface area contributed by atoms with Crippen LogP contribution >= 0.6 is 11.8 Å². The molecule has 19 heavy (non-hydrogen) atoms. The van der Waals surface area contributed by atoms with Crippen molar-refractivity contribution in [2.24, 2.45) is 10.4 Å². The van der Waals surface area contributed by atoms with Crippen LogP contribution in [-0.2, 0) is 6.42 Å². The summed E-state index contributed by atoms with van der Waals surface area (Å²) in [6, 6.07) is 0. The van der Waals surface area contributed by atoms with Gasteiger partial charge in [0.15, 0.2) is 11.0 Å². The van der Waals surface area contributed by atoms with Crippen LogP contribution in [0.1, 0.15) is 37.4 Å². The lowest BCUT2D eigenvalue weighted by molar-refractivity contribution is 0.358. The van der Waals surface area contributed by atoms with Crippen molar-refractivity contribution in [3.8, 4) is 0 Å². The monoisotopic (exact) mass is 280 g/mol. The van der Waals surface area contributed by atoms with Gasteiger partial charge in [0.2, 0.25) is 5.89 Å². The van der Waals surface area contributed by atoms with E-state index in [1.807, 2.05) is 18.7 Å². The standard InChI is InChI=1S/C13H20N4OS/c1-10-16-11(18-17-10)4-7-14-12-15-8-13(9-19-12)5-2-3-6-13/h2-9H2,1H3,(H,14,15). The highest BCUT2D eigenvalue weighted by Gasteiger charge is 2.36. The van der Waals surface area contributed by atoms with Gasteiger partial charge >= 0.3 is 0 Å². The first kappa shape index (κ1) is 13.0. The van der Waals surface area contributed by atoms with Crippen LogP contribution in [0.5, 0.6) is 0 Å². The SMILES string of the molecule is Cc1noc(CCNC2=NCC3(CCCC3)CS2)n1. The summed E-state index contributed by atoms with van der Waals surface area (Å²) < 4.78 is 5.08. The number of nitrogens with zero attached hydrogens (tertiary/aromatic N) is 3. The Kier molecular flexibility index (Phi) is 3.77. The third-order valence-electron chi connectivity index (χ3n) is 3.92. The smallest absolute Gasteiger partial charge is 0.228 e.